The van der Waals surface area contributed by atoms with Gasteiger partial charge in [-0.05, 0) is 50.6 Å². The Morgan fingerprint density at radius 3 is 2.39 bits per heavy atom. The van der Waals surface area contributed by atoms with E-state index in [-0.39, 0.29) is 5.91 Å². The van der Waals surface area contributed by atoms with E-state index in [0.29, 0.717) is 13.0 Å². The van der Waals surface area contributed by atoms with Crippen LogP contribution in [0.2, 0.25) is 0 Å². The summed E-state index contributed by atoms with van der Waals surface area (Å²) in [6, 6.07) is 16.8. The van der Waals surface area contributed by atoms with Crippen LogP contribution in [-0.2, 0) is 11.3 Å². The summed E-state index contributed by atoms with van der Waals surface area (Å²) >= 11 is 0. The van der Waals surface area contributed by atoms with Gasteiger partial charge in [0.2, 0.25) is 5.91 Å². The number of rotatable bonds is 10. The van der Waals surface area contributed by atoms with Crippen LogP contribution in [0.25, 0.3) is 0 Å². The Labute approximate surface area is 187 Å². The lowest BCUT2D eigenvalue weighted by Gasteiger charge is -2.35. The fourth-order valence-electron chi connectivity index (χ4n) is 4.01. The fourth-order valence-corrected chi connectivity index (χ4v) is 4.01. The van der Waals surface area contributed by atoms with Gasteiger partial charge in [-0.1, -0.05) is 42.0 Å². The van der Waals surface area contributed by atoms with Crippen molar-refractivity contribution in [2.24, 2.45) is 0 Å². The van der Waals surface area contributed by atoms with Crippen molar-refractivity contribution in [3.63, 3.8) is 0 Å². The second-order valence-corrected chi connectivity index (χ2v) is 8.72. The van der Waals surface area contributed by atoms with Gasteiger partial charge < -0.3 is 14.5 Å². The molecule has 0 unspecified atom stereocenters. The minimum atomic E-state index is 0.276. The number of benzene rings is 2. The third-order valence-corrected chi connectivity index (χ3v) is 5.86. The molecule has 0 saturated carbocycles. The Morgan fingerprint density at radius 1 is 0.968 bits per heavy atom. The minimum Gasteiger partial charge on any atom is -0.494 e. The summed E-state index contributed by atoms with van der Waals surface area (Å²) in [4.78, 5) is 19.3. The Kier molecular flexibility index (Phi) is 8.92. The predicted molar refractivity (Wildman–Crippen MR) is 126 cm³/mol. The van der Waals surface area contributed by atoms with Crippen LogP contribution in [0.15, 0.2) is 48.5 Å². The molecule has 0 radical (unpaired) electrons. The minimum absolute atomic E-state index is 0.276. The highest BCUT2D eigenvalue weighted by Crippen LogP contribution is 2.13. The number of aryl methyl sites for hydroxylation is 2. The number of nitrogens with zero attached hydrogens (tertiary/aromatic N) is 3. The number of hydrogen-bond acceptors (Lipinski definition) is 4. The first-order valence-electron chi connectivity index (χ1n) is 11.4. The van der Waals surface area contributed by atoms with Gasteiger partial charge in [-0.2, -0.15) is 0 Å². The second-order valence-electron chi connectivity index (χ2n) is 8.72. The molecular weight excluding hydrogens is 386 g/mol. The number of piperazine rings is 1. The molecule has 1 heterocycles. The molecule has 0 atom stereocenters. The van der Waals surface area contributed by atoms with Crippen LogP contribution < -0.4 is 4.74 Å². The Bertz CT molecular complexity index is 831. The molecule has 2 aromatic rings. The van der Waals surface area contributed by atoms with Crippen molar-refractivity contribution in [3.05, 3.63) is 65.2 Å². The molecule has 1 amide bonds. The van der Waals surface area contributed by atoms with Gasteiger partial charge >= 0.3 is 0 Å². The van der Waals surface area contributed by atoms with Crippen LogP contribution in [0.5, 0.6) is 5.75 Å². The van der Waals surface area contributed by atoms with Crippen LogP contribution in [0, 0.1) is 13.8 Å². The van der Waals surface area contributed by atoms with Gasteiger partial charge in [0.1, 0.15) is 5.75 Å². The summed E-state index contributed by atoms with van der Waals surface area (Å²) < 4.78 is 5.81. The van der Waals surface area contributed by atoms with Gasteiger partial charge in [-0.25, -0.2) is 0 Å². The lowest BCUT2D eigenvalue weighted by atomic mass is 10.1. The van der Waals surface area contributed by atoms with E-state index in [0.717, 1.165) is 58.0 Å². The van der Waals surface area contributed by atoms with E-state index >= 15 is 0 Å². The van der Waals surface area contributed by atoms with E-state index < -0.39 is 0 Å². The monoisotopic (exact) mass is 423 g/mol. The number of ether oxygens (including phenoxy) is 1. The summed E-state index contributed by atoms with van der Waals surface area (Å²) in [5, 5.41) is 0. The third kappa shape index (κ3) is 8.00. The first-order valence-corrected chi connectivity index (χ1v) is 11.4. The molecule has 0 N–H and O–H groups in total. The average molecular weight is 424 g/mol. The molecule has 0 aromatic heterocycles. The SMILES string of the molecule is Cc1cccc(CN2CCN(C(=O)CCN(C)CCCOc3cccc(C)c3)CC2)c1. The summed E-state index contributed by atoms with van der Waals surface area (Å²) in [7, 11) is 2.08. The van der Waals surface area contributed by atoms with Gasteiger partial charge in [-0.15, -0.1) is 0 Å². The van der Waals surface area contributed by atoms with Crippen LogP contribution in [-0.4, -0.2) is 73.5 Å². The van der Waals surface area contributed by atoms with E-state index in [2.05, 4.69) is 67.1 Å². The van der Waals surface area contributed by atoms with Crippen LogP contribution in [0.1, 0.15) is 29.5 Å². The van der Waals surface area contributed by atoms with Crippen LogP contribution in [0.4, 0.5) is 0 Å². The van der Waals surface area contributed by atoms with Crippen molar-refractivity contribution in [1.29, 1.82) is 0 Å². The van der Waals surface area contributed by atoms with E-state index in [1.807, 2.05) is 17.0 Å². The van der Waals surface area contributed by atoms with Crippen LogP contribution >= 0.6 is 0 Å². The van der Waals surface area contributed by atoms with E-state index in [1.54, 1.807) is 0 Å². The maximum Gasteiger partial charge on any atom is 0.223 e. The van der Waals surface area contributed by atoms with Gasteiger partial charge in [0.15, 0.2) is 0 Å². The zero-order valence-corrected chi connectivity index (χ0v) is 19.3. The summed E-state index contributed by atoms with van der Waals surface area (Å²) in [5.74, 6) is 1.21. The topological polar surface area (TPSA) is 36.0 Å². The number of carbonyl (C=O) groups excluding carboxylic acids is 1. The van der Waals surface area contributed by atoms with Crippen molar-refractivity contribution in [3.8, 4) is 5.75 Å². The Morgan fingerprint density at radius 2 is 1.68 bits per heavy atom. The average Bonchev–Trinajstić information content (AvgIpc) is 2.76. The van der Waals surface area contributed by atoms with Crippen molar-refractivity contribution in [1.82, 2.24) is 14.7 Å². The molecule has 1 aliphatic heterocycles. The first-order chi connectivity index (χ1) is 15.0. The Balaban J connectivity index is 1.28. The molecule has 1 aliphatic rings. The molecule has 1 saturated heterocycles. The van der Waals surface area contributed by atoms with Crippen molar-refractivity contribution in [2.75, 3.05) is 52.9 Å². The van der Waals surface area contributed by atoms with Crippen molar-refractivity contribution in [2.45, 2.75) is 33.2 Å². The largest absolute Gasteiger partial charge is 0.494 e. The standard InChI is InChI=1S/C26H37N3O2/c1-22-7-4-9-24(19-22)21-28-14-16-29(17-15-28)26(30)11-13-27(3)12-6-18-31-25-10-5-8-23(2)20-25/h4-5,7-10,19-20H,6,11-18,21H2,1-3H3. The highest BCUT2D eigenvalue weighted by Gasteiger charge is 2.21. The molecule has 5 heteroatoms. The van der Waals surface area contributed by atoms with E-state index in [9.17, 15) is 4.79 Å². The zero-order valence-electron chi connectivity index (χ0n) is 19.3. The number of hydrogen-bond donors (Lipinski definition) is 0. The summed E-state index contributed by atoms with van der Waals surface area (Å²) in [6.07, 6.45) is 1.55. The highest BCUT2D eigenvalue weighted by atomic mass is 16.5. The van der Waals surface area contributed by atoms with Gasteiger partial charge in [-0.3, -0.25) is 9.69 Å². The van der Waals surface area contributed by atoms with Gasteiger partial charge in [0.05, 0.1) is 6.61 Å². The second kappa shape index (κ2) is 11.9. The molecule has 0 bridgehead atoms. The normalized spacial score (nSPS) is 14.8. The molecule has 0 spiro atoms. The summed E-state index contributed by atoms with van der Waals surface area (Å²) in [6.45, 7) is 11.2. The maximum absolute atomic E-state index is 12.6. The molecule has 2 aromatic carbocycles. The fraction of sp³-hybridized carbons (Fsp3) is 0.500. The molecule has 168 valence electrons. The molecular formula is C26H37N3O2. The quantitative estimate of drug-likeness (QED) is 0.546. The predicted octanol–water partition coefficient (Wildman–Crippen LogP) is 3.74. The van der Waals surface area contributed by atoms with Gasteiger partial charge in [0.25, 0.3) is 0 Å². The first kappa shape index (κ1) is 23.3. The number of amides is 1. The van der Waals surface area contributed by atoms with Crippen LogP contribution in [0.3, 0.4) is 0 Å². The zero-order chi connectivity index (χ0) is 22.1. The van der Waals surface area contributed by atoms with Crippen molar-refractivity contribution < 1.29 is 9.53 Å². The maximum atomic E-state index is 12.6. The smallest absolute Gasteiger partial charge is 0.223 e. The molecule has 31 heavy (non-hydrogen) atoms. The lowest BCUT2D eigenvalue weighted by Crippen LogP contribution is -2.48. The van der Waals surface area contributed by atoms with E-state index in [4.69, 9.17) is 4.74 Å². The highest BCUT2D eigenvalue weighted by molar-refractivity contribution is 5.76. The van der Waals surface area contributed by atoms with E-state index in [1.165, 1.54) is 16.7 Å². The lowest BCUT2D eigenvalue weighted by molar-refractivity contribution is -0.133. The molecule has 0 aliphatic carbocycles. The third-order valence-electron chi connectivity index (χ3n) is 5.86. The number of carbonyl (C=O) groups is 1. The Hall–Kier alpha value is -2.37. The molecule has 1 fully saturated rings. The van der Waals surface area contributed by atoms with Gasteiger partial charge in [0, 0.05) is 52.2 Å². The molecule has 5 nitrogen and oxygen atoms in total. The summed E-state index contributed by atoms with van der Waals surface area (Å²) in [5.41, 5.74) is 3.87. The van der Waals surface area contributed by atoms with Crippen molar-refractivity contribution >= 4 is 5.91 Å². The molecule has 3 rings (SSSR count).